The van der Waals surface area contributed by atoms with Gasteiger partial charge in [-0.15, -0.1) is 0 Å². The van der Waals surface area contributed by atoms with E-state index in [1.165, 1.54) is 0 Å². The third kappa shape index (κ3) is 2.57. The molecule has 0 atom stereocenters. The zero-order valence-electron chi connectivity index (χ0n) is 9.80. The lowest BCUT2D eigenvalue weighted by Crippen LogP contribution is -2.30. The Bertz CT molecular complexity index is 469. The number of ether oxygens (including phenoxy) is 1. The van der Waals surface area contributed by atoms with Gasteiger partial charge in [-0.1, -0.05) is 17.3 Å². The van der Waals surface area contributed by atoms with Crippen LogP contribution in [0.4, 0.5) is 5.82 Å². The van der Waals surface area contributed by atoms with Crippen LogP contribution in [0.5, 0.6) is 0 Å². The van der Waals surface area contributed by atoms with E-state index in [1.54, 1.807) is 7.11 Å². The van der Waals surface area contributed by atoms with Crippen molar-refractivity contribution in [1.29, 1.82) is 0 Å². The van der Waals surface area contributed by atoms with Crippen molar-refractivity contribution in [2.75, 3.05) is 38.3 Å². The standard InChI is InChI=1S/C12H16N2O3/c1-16-9-7-14(6-8-15)12-10-4-2-3-5-11(10)17-13-12/h2-5,15H,6-9H2,1H3. The second-order valence-electron chi connectivity index (χ2n) is 3.71. The van der Waals surface area contributed by atoms with Crippen LogP contribution in [-0.2, 0) is 4.74 Å². The largest absolute Gasteiger partial charge is 0.395 e. The predicted octanol–water partition coefficient (Wildman–Crippen LogP) is 1.27. The van der Waals surface area contributed by atoms with E-state index >= 15 is 0 Å². The molecule has 0 radical (unpaired) electrons. The van der Waals surface area contributed by atoms with E-state index in [9.17, 15) is 0 Å². The fraction of sp³-hybridized carbons (Fsp3) is 0.417. The first-order valence-electron chi connectivity index (χ1n) is 5.56. The van der Waals surface area contributed by atoms with Crippen LogP contribution in [-0.4, -0.2) is 43.7 Å². The molecule has 1 N–H and O–H groups in total. The number of aromatic nitrogens is 1. The number of benzene rings is 1. The van der Waals surface area contributed by atoms with Gasteiger partial charge in [-0.2, -0.15) is 0 Å². The highest BCUT2D eigenvalue weighted by Crippen LogP contribution is 2.25. The SMILES string of the molecule is COCCN(CCO)c1noc2ccccc12. The summed E-state index contributed by atoms with van der Waals surface area (Å²) in [6.07, 6.45) is 0. The molecule has 92 valence electrons. The molecule has 0 saturated heterocycles. The van der Waals surface area contributed by atoms with Gasteiger partial charge in [0, 0.05) is 20.2 Å². The van der Waals surface area contributed by atoms with E-state index in [0.29, 0.717) is 19.7 Å². The van der Waals surface area contributed by atoms with Gasteiger partial charge < -0.3 is 19.3 Å². The Morgan fingerprint density at radius 1 is 1.35 bits per heavy atom. The van der Waals surface area contributed by atoms with Gasteiger partial charge in [-0.25, -0.2) is 0 Å². The minimum absolute atomic E-state index is 0.0743. The average Bonchev–Trinajstić information content (AvgIpc) is 2.78. The first-order valence-corrected chi connectivity index (χ1v) is 5.56. The number of fused-ring (bicyclic) bond motifs is 1. The highest BCUT2D eigenvalue weighted by Gasteiger charge is 2.14. The van der Waals surface area contributed by atoms with Crippen molar-refractivity contribution in [2.45, 2.75) is 0 Å². The van der Waals surface area contributed by atoms with Gasteiger partial charge in [0.15, 0.2) is 11.4 Å². The molecule has 2 rings (SSSR count). The number of aliphatic hydroxyl groups is 1. The monoisotopic (exact) mass is 236 g/mol. The molecule has 0 spiro atoms. The second kappa shape index (κ2) is 5.65. The molecule has 17 heavy (non-hydrogen) atoms. The number of hydrogen-bond donors (Lipinski definition) is 1. The quantitative estimate of drug-likeness (QED) is 0.818. The van der Waals surface area contributed by atoms with Crippen LogP contribution in [0.25, 0.3) is 11.0 Å². The summed E-state index contributed by atoms with van der Waals surface area (Å²) in [5, 5.41) is 14.1. The molecular weight excluding hydrogens is 220 g/mol. The summed E-state index contributed by atoms with van der Waals surface area (Å²) in [7, 11) is 1.65. The zero-order valence-corrected chi connectivity index (χ0v) is 9.80. The summed E-state index contributed by atoms with van der Waals surface area (Å²) in [6.45, 7) is 1.85. The zero-order chi connectivity index (χ0) is 12.1. The van der Waals surface area contributed by atoms with Crippen molar-refractivity contribution in [3.05, 3.63) is 24.3 Å². The van der Waals surface area contributed by atoms with Crippen molar-refractivity contribution in [1.82, 2.24) is 5.16 Å². The molecule has 0 amide bonds. The maximum absolute atomic E-state index is 9.07. The lowest BCUT2D eigenvalue weighted by molar-refractivity contribution is 0.202. The van der Waals surface area contributed by atoms with E-state index in [1.807, 2.05) is 29.2 Å². The molecular formula is C12H16N2O3. The van der Waals surface area contributed by atoms with Crippen LogP contribution in [0, 0.1) is 0 Å². The van der Waals surface area contributed by atoms with Gasteiger partial charge in [0.05, 0.1) is 18.6 Å². The number of methoxy groups -OCH3 is 1. The van der Waals surface area contributed by atoms with Gasteiger partial charge in [0.1, 0.15) is 0 Å². The summed E-state index contributed by atoms with van der Waals surface area (Å²) in [5.74, 6) is 0.756. The average molecular weight is 236 g/mol. The molecule has 0 bridgehead atoms. The number of aliphatic hydroxyl groups excluding tert-OH is 1. The highest BCUT2D eigenvalue weighted by molar-refractivity contribution is 5.88. The Labute approximate surface area is 99.6 Å². The third-order valence-corrected chi connectivity index (χ3v) is 2.59. The number of para-hydroxylation sites is 1. The maximum Gasteiger partial charge on any atom is 0.180 e. The maximum atomic E-state index is 9.07. The number of anilines is 1. The van der Waals surface area contributed by atoms with Crippen LogP contribution in [0.3, 0.4) is 0 Å². The van der Waals surface area contributed by atoms with Crippen molar-refractivity contribution in [3.8, 4) is 0 Å². The van der Waals surface area contributed by atoms with Crippen LogP contribution in [0.1, 0.15) is 0 Å². The summed E-state index contributed by atoms with van der Waals surface area (Å²) in [4.78, 5) is 1.95. The smallest absolute Gasteiger partial charge is 0.180 e. The fourth-order valence-corrected chi connectivity index (χ4v) is 1.75. The Morgan fingerprint density at radius 3 is 2.94 bits per heavy atom. The van der Waals surface area contributed by atoms with Crippen LogP contribution < -0.4 is 4.90 Å². The Hall–Kier alpha value is -1.59. The number of hydrogen-bond acceptors (Lipinski definition) is 5. The molecule has 0 aliphatic heterocycles. The molecule has 1 aromatic heterocycles. The van der Waals surface area contributed by atoms with Crippen LogP contribution in [0.15, 0.2) is 28.8 Å². The number of nitrogens with zero attached hydrogens (tertiary/aromatic N) is 2. The van der Waals surface area contributed by atoms with Gasteiger partial charge in [-0.05, 0) is 12.1 Å². The van der Waals surface area contributed by atoms with E-state index in [2.05, 4.69) is 5.16 Å². The van der Waals surface area contributed by atoms with E-state index < -0.39 is 0 Å². The first kappa shape index (κ1) is 11.9. The molecule has 1 heterocycles. The van der Waals surface area contributed by atoms with E-state index in [4.69, 9.17) is 14.4 Å². The van der Waals surface area contributed by atoms with Crippen molar-refractivity contribution in [2.24, 2.45) is 0 Å². The molecule has 5 nitrogen and oxygen atoms in total. The summed E-state index contributed by atoms with van der Waals surface area (Å²) < 4.78 is 10.3. The lowest BCUT2D eigenvalue weighted by atomic mass is 10.2. The molecule has 0 aliphatic carbocycles. The van der Waals surface area contributed by atoms with Gasteiger partial charge in [0.2, 0.25) is 0 Å². The fourth-order valence-electron chi connectivity index (χ4n) is 1.75. The second-order valence-corrected chi connectivity index (χ2v) is 3.71. The van der Waals surface area contributed by atoms with Crippen molar-refractivity contribution >= 4 is 16.8 Å². The van der Waals surface area contributed by atoms with Gasteiger partial charge >= 0.3 is 0 Å². The molecule has 0 aliphatic rings. The van der Waals surface area contributed by atoms with E-state index in [0.717, 1.165) is 16.8 Å². The molecule has 2 aromatic rings. The first-order chi connectivity index (χ1) is 8.36. The Balaban J connectivity index is 2.27. The minimum atomic E-state index is 0.0743. The summed E-state index contributed by atoms with van der Waals surface area (Å²) >= 11 is 0. The topological polar surface area (TPSA) is 58.7 Å². The number of rotatable bonds is 6. The summed E-state index contributed by atoms with van der Waals surface area (Å²) in [5.41, 5.74) is 0.753. The predicted molar refractivity (Wildman–Crippen MR) is 65.2 cm³/mol. The van der Waals surface area contributed by atoms with E-state index in [-0.39, 0.29) is 6.61 Å². The third-order valence-electron chi connectivity index (χ3n) is 2.59. The van der Waals surface area contributed by atoms with Crippen molar-refractivity contribution in [3.63, 3.8) is 0 Å². The van der Waals surface area contributed by atoms with Crippen LogP contribution >= 0.6 is 0 Å². The van der Waals surface area contributed by atoms with Crippen molar-refractivity contribution < 1.29 is 14.4 Å². The van der Waals surface area contributed by atoms with Gasteiger partial charge in [-0.3, -0.25) is 0 Å². The minimum Gasteiger partial charge on any atom is -0.395 e. The lowest BCUT2D eigenvalue weighted by Gasteiger charge is -2.20. The summed E-state index contributed by atoms with van der Waals surface area (Å²) in [6, 6.07) is 7.68. The molecule has 0 saturated carbocycles. The van der Waals surface area contributed by atoms with Gasteiger partial charge in [0.25, 0.3) is 0 Å². The highest BCUT2D eigenvalue weighted by atomic mass is 16.5. The Kier molecular flexibility index (Phi) is 3.95. The molecule has 5 heteroatoms. The molecule has 1 aromatic carbocycles. The molecule has 0 fully saturated rings. The molecule has 0 unspecified atom stereocenters. The Morgan fingerprint density at radius 2 is 2.18 bits per heavy atom. The normalized spacial score (nSPS) is 10.9. The van der Waals surface area contributed by atoms with Crippen LogP contribution in [0.2, 0.25) is 0 Å².